The molecule has 3 rings (SSSR count). The summed E-state index contributed by atoms with van der Waals surface area (Å²) < 4.78 is 52.2. The summed E-state index contributed by atoms with van der Waals surface area (Å²) in [6.45, 7) is 1.27. The summed E-state index contributed by atoms with van der Waals surface area (Å²) in [6, 6.07) is 3.32. The van der Waals surface area contributed by atoms with E-state index in [4.69, 9.17) is 0 Å². The number of carbonyl (C=O) groups excluding carboxylic acids is 1. The lowest BCUT2D eigenvalue weighted by atomic mass is 9.91. The molecule has 11 heteroatoms. The number of anilines is 1. The van der Waals surface area contributed by atoms with Crippen LogP contribution in [0, 0.1) is 5.92 Å². The van der Waals surface area contributed by atoms with Gasteiger partial charge in [-0.15, -0.1) is 0 Å². The number of aromatic hydroxyl groups is 1. The Morgan fingerprint density at radius 2 is 2.11 bits per heavy atom. The first-order valence-electron chi connectivity index (χ1n) is 8.61. The number of piperidine rings is 1. The monoisotopic (exact) mass is 417 g/mol. The van der Waals surface area contributed by atoms with Crippen molar-refractivity contribution in [3.8, 4) is 5.75 Å². The highest BCUT2D eigenvalue weighted by Crippen LogP contribution is 2.39. The van der Waals surface area contributed by atoms with E-state index in [2.05, 4.69) is 10.0 Å². The van der Waals surface area contributed by atoms with Crippen LogP contribution >= 0.6 is 0 Å². The summed E-state index contributed by atoms with van der Waals surface area (Å²) in [5.74, 6) is -0.475. The fourth-order valence-electron chi connectivity index (χ4n) is 3.80. The first-order valence-corrected chi connectivity index (χ1v) is 12.0. The lowest BCUT2D eigenvalue weighted by molar-refractivity contribution is -0.108. The van der Waals surface area contributed by atoms with Crippen molar-refractivity contribution in [3.63, 3.8) is 0 Å². The Kier molecular flexibility index (Phi) is 5.48. The molecule has 0 saturated carbocycles. The average Bonchev–Trinajstić information content (AvgIpc) is 2.89. The minimum absolute atomic E-state index is 0.00428. The molecule has 0 aliphatic carbocycles. The molecule has 9 nitrogen and oxygen atoms in total. The van der Waals surface area contributed by atoms with Gasteiger partial charge in [0.1, 0.15) is 12.0 Å². The van der Waals surface area contributed by atoms with Crippen molar-refractivity contribution in [3.05, 3.63) is 23.8 Å². The summed E-state index contributed by atoms with van der Waals surface area (Å²) in [5.41, 5.74) is 0.425. The van der Waals surface area contributed by atoms with Gasteiger partial charge in [-0.25, -0.2) is 8.42 Å². The number of phenolic OH excluding ortho intramolecular Hbond substituents is 1. The molecule has 2 aliphatic rings. The van der Waals surface area contributed by atoms with Gasteiger partial charge >= 0.3 is 10.2 Å². The second-order valence-electron chi connectivity index (χ2n) is 7.00. The molecule has 2 aliphatic heterocycles. The number of carbonyl (C=O) groups is 1. The van der Waals surface area contributed by atoms with Crippen molar-refractivity contribution in [1.29, 1.82) is 0 Å². The van der Waals surface area contributed by atoms with Crippen LogP contribution in [0.2, 0.25) is 0 Å². The molecule has 3 N–H and O–H groups in total. The van der Waals surface area contributed by atoms with Gasteiger partial charge in [-0.05, 0) is 49.5 Å². The van der Waals surface area contributed by atoms with Gasteiger partial charge in [0.05, 0.1) is 23.5 Å². The zero-order valence-electron chi connectivity index (χ0n) is 14.8. The van der Waals surface area contributed by atoms with Gasteiger partial charge in [0.15, 0.2) is 9.84 Å². The fraction of sp³-hybridized carbons (Fsp3) is 0.562. The molecule has 0 bridgehead atoms. The molecule has 0 spiro atoms. The number of rotatable bonds is 5. The maximum absolute atomic E-state index is 12.4. The number of nitrogens with one attached hydrogen (secondary N) is 2. The molecule has 1 aromatic rings. The van der Waals surface area contributed by atoms with Crippen LogP contribution < -0.4 is 14.3 Å². The summed E-state index contributed by atoms with van der Waals surface area (Å²) in [6.07, 6.45) is 3.27. The summed E-state index contributed by atoms with van der Waals surface area (Å²) in [5, 5.41) is 12.8. The van der Waals surface area contributed by atoms with Gasteiger partial charge in [0.2, 0.25) is 0 Å². The first-order chi connectivity index (χ1) is 12.6. The third-order valence-electron chi connectivity index (χ3n) is 4.94. The van der Waals surface area contributed by atoms with Gasteiger partial charge in [-0.2, -0.15) is 13.1 Å². The number of benzene rings is 1. The Labute approximate surface area is 158 Å². The van der Waals surface area contributed by atoms with E-state index in [9.17, 15) is 26.7 Å². The highest BCUT2D eigenvalue weighted by molar-refractivity contribution is 7.91. The van der Waals surface area contributed by atoms with Crippen molar-refractivity contribution < 1.29 is 26.7 Å². The summed E-state index contributed by atoms with van der Waals surface area (Å²) >= 11 is 0. The lowest BCUT2D eigenvalue weighted by Gasteiger charge is -2.30. The largest absolute Gasteiger partial charge is 0.506 e. The fourth-order valence-corrected chi connectivity index (χ4v) is 6.78. The molecule has 2 fully saturated rings. The van der Waals surface area contributed by atoms with Gasteiger partial charge in [-0.1, -0.05) is 6.07 Å². The zero-order valence-corrected chi connectivity index (χ0v) is 16.5. The molecule has 0 amide bonds. The van der Waals surface area contributed by atoms with Crippen LogP contribution in [0.4, 0.5) is 5.69 Å². The van der Waals surface area contributed by atoms with Crippen LogP contribution in [-0.2, 0) is 24.8 Å². The number of hydrogen-bond donors (Lipinski definition) is 3. The molecular weight excluding hydrogens is 394 g/mol. The molecule has 0 aromatic heterocycles. The zero-order chi connectivity index (χ0) is 19.8. The van der Waals surface area contributed by atoms with Crippen LogP contribution in [0.15, 0.2) is 18.2 Å². The number of phenols is 1. The maximum Gasteiger partial charge on any atom is 0.302 e. The molecule has 3 atom stereocenters. The van der Waals surface area contributed by atoms with Crippen LogP contribution in [0.1, 0.15) is 23.7 Å². The Hall–Kier alpha value is -1.69. The van der Waals surface area contributed by atoms with Crippen molar-refractivity contribution in [2.75, 3.05) is 30.2 Å². The number of aldehydes is 1. The van der Waals surface area contributed by atoms with Gasteiger partial charge in [-0.3, -0.25) is 4.31 Å². The van der Waals surface area contributed by atoms with Crippen molar-refractivity contribution in [1.82, 2.24) is 10.0 Å². The van der Waals surface area contributed by atoms with Crippen LogP contribution in [-0.4, -0.2) is 60.2 Å². The predicted molar refractivity (Wildman–Crippen MR) is 101 cm³/mol. The van der Waals surface area contributed by atoms with Gasteiger partial charge in [0, 0.05) is 6.26 Å². The summed E-state index contributed by atoms with van der Waals surface area (Å²) in [7, 11) is -7.39. The third-order valence-corrected chi connectivity index (χ3v) is 8.04. The second-order valence-corrected chi connectivity index (χ2v) is 10.8. The molecule has 0 radical (unpaired) electrons. The molecule has 2 heterocycles. The highest BCUT2D eigenvalue weighted by atomic mass is 32.2. The normalized spacial score (nSPS) is 26.6. The Balaban J connectivity index is 1.96. The molecular formula is C16H23N3O6S2. The van der Waals surface area contributed by atoms with E-state index in [-0.39, 0.29) is 23.9 Å². The average molecular weight is 418 g/mol. The van der Waals surface area contributed by atoms with Crippen molar-refractivity contribution in [2.24, 2.45) is 5.92 Å². The van der Waals surface area contributed by atoms with Gasteiger partial charge < -0.3 is 15.2 Å². The summed E-state index contributed by atoms with van der Waals surface area (Å²) in [4.78, 5) is 10.9. The first kappa shape index (κ1) is 20.1. The van der Waals surface area contributed by atoms with Crippen molar-refractivity contribution in [2.45, 2.75) is 24.1 Å². The van der Waals surface area contributed by atoms with E-state index in [0.717, 1.165) is 23.7 Å². The number of nitrogens with zero attached hydrogens (tertiary/aromatic N) is 1. The van der Waals surface area contributed by atoms with Crippen LogP contribution in [0.25, 0.3) is 0 Å². The minimum atomic E-state index is -3.94. The van der Waals surface area contributed by atoms with E-state index >= 15 is 0 Å². The van der Waals surface area contributed by atoms with Gasteiger partial charge in [0.25, 0.3) is 0 Å². The molecule has 150 valence electrons. The maximum atomic E-state index is 12.4. The molecule has 1 aromatic carbocycles. The Morgan fingerprint density at radius 3 is 2.63 bits per heavy atom. The Morgan fingerprint density at radius 1 is 1.37 bits per heavy atom. The molecule has 27 heavy (non-hydrogen) atoms. The van der Waals surface area contributed by atoms with E-state index in [1.54, 1.807) is 0 Å². The lowest BCUT2D eigenvalue weighted by Crippen LogP contribution is -2.35. The van der Waals surface area contributed by atoms with Crippen LogP contribution in [0.3, 0.4) is 0 Å². The highest BCUT2D eigenvalue weighted by Gasteiger charge is 2.38. The van der Waals surface area contributed by atoms with E-state index in [0.29, 0.717) is 18.4 Å². The predicted octanol–water partition coefficient (Wildman–Crippen LogP) is -0.301. The third kappa shape index (κ3) is 4.10. The SMILES string of the molecule is CS(=O)(=O)C(c1ccc(N2CC(C=O)NS2(=O)=O)c(O)c1)C1CCCNC1. The smallest absolute Gasteiger partial charge is 0.302 e. The quantitative estimate of drug-likeness (QED) is 0.560. The Bertz CT molecular complexity index is 925. The van der Waals surface area contributed by atoms with Crippen molar-refractivity contribution >= 4 is 32.0 Å². The van der Waals surface area contributed by atoms with E-state index < -0.39 is 31.3 Å². The van der Waals surface area contributed by atoms with E-state index in [1.807, 2.05) is 0 Å². The van der Waals surface area contributed by atoms with E-state index in [1.165, 1.54) is 24.5 Å². The topological polar surface area (TPSA) is 133 Å². The number of hydrogen-bond acceptors (Lipinski definition) is 7. The second kappa shape index (κ2) is 7.38. The van der Waals surface area contributed by atoms with Crippen LogP contribution in [0.5, 0.6) is 5.75 Å². The standard InChI is InChI=1S/C16H23N3O6S2/c1-26(22,23)16(12-3-2-6-17-8-12)11-4-5-14(15(21)7-11)19-9-13(10-20)18-27(19,24)25/h4-5,7,10,12-13,16-18,21H,2-3,6,8-9H2,1H3. The molecule has 2 saturated heterocycles. The number of sulfone groups is 1. The minimum Gasteiger partial charge on any atom is -0.506 e. The molecule has 3 unspecified atom stereocenters.